The van der Waals surface area contributed by atoms with E-state index in [0.717, 1.165) is 0 Å². The average molecular weight is 180 g/mol. The Hall–Kier alpha value is 1.25. The summed E-state index contributed by atoms with van der Waals surface area (Å²) < 4.78 is 0. The Balaban J connectivity index is -0.00000000750. The van der Waals surface area contributed by atoms with Crippen molar-refractivity contribution in [1.29, 1.82) is 0 Å². The molecule has 0 heterocycles. The second-order valence-electron chi connectivity index (χ2n) is 1.05. The van der Waals surface area contributed by atoms with Gasteiger partial charge in [-0.1, -0.05) is 13.8 Å². The third-order valence-corrected chi connectivity index (χ3v) is 0. The molecule has 0 aliphatic rings. The Bertz CT molecular complexity index is 22.0. The van der Waals surface area contributed by atoms with E-state index in [0.29, 0.717) is 0 Å². The minimum atomic E-state index is -0.417. The molecule has 0 aromatic rings. The molecular formula is C3H9Cl2OTi. The van der Waals surface area contributed by atoms with Gasteiger partial charge in [-0.25, -0.2) is 0 Å². The van der Waals surface area contributed by atoms with Crippen LogP contribution in [0.1, 0.15) is 15.3 Å². The van der Waals surface area contributed by atoms with Crippen LogP contribution >= 0.6 is 0 Å². The smallest absolute Gasteiger partial charge is 1.00 e. The molecule has 0 rings (SSSR count). The Morgan fingerprint density at radius 3 is 1.29 bits per heavy atom. The van der Waals surface area contributed by atoms with Gasteiger partial charge in [-0.05, 0) is 0 Å². The fraction of sp³-hybridized carbons (Fsp3) is 1.00. The van der Waals surface area contributed by atoms with Gasteiger partial charge in [-0.2, -0.15) is 0 Å². The van der Waals surface area contributed by atoms with Gasteiger partial charge in [-0.15, -0.1) is 6.10 Å². The van der Waals surface area contributed by atoms with E-state index in [9.17, 15) is 5.11 Å². The van der Waals surface area contributed by atoms with Crippen LogP contribution in [0.3, 0.4) is 0 Å². The minimum absolute atomic E-state index is 0. The quantitative estimate of drug-likeness (QED) is 0.340. The Kier molecular flexibility index (Phi) is 53.8. The van der Waals surface area contributed by atoms with Crippen LogP contribution in [0.4, 0.5) is 0 Å². The van der Waals surface area contributed by atoms with Crippen molar-refractivity contribution in [2.75, 3.05) is 0 Å². The van der Waals surface area contributed by atoms with Crippen LogP contribution in [0.25, 0.3) is 0 Å². The van der Waals surface area contributed by atoms with Gasteiger partial charge < -0.3 is 29.9 Å². The van der Waals surface area contributed by atoms with Crippen LogP contribution in [0.2, 0.25) is 0 Å². The molecule has 4 heteroatoms. The fourth-order valence-corrected chi connectivity index (χ4v) is 0. The fourth-order valence-electron chi connectivity index (χ4n) is 0. The van der Waals surface area contributed by atoms with Gasteiger partial charge in [0.05, 0.1) is 0 Å². The Morgan fingerprint density at radius 2 is 1.29 bits per heavy atom. The largest absolute Gasteiger partial charge is 3.00 e. The molecule has 0 aromatic carbocycles. The van der Waals surface area contributed by atoms with E-state index >= 15 is 0 Å². The van der Waals surface area contributed by atoms with E-state index in [1.165, 1.54) is 0 Å². The van der Waals surface area contributed by atoms with E-state index in [4.69, 9.17) is 0 Å². The molecule has 7 heavy (non-hydrogen) atoms. The Morgan fingerprint density at radius 1 is 1.29 bits per heavy atom. The zero-order chi connectivity index (χ0) is 3.58. The first-order valence-electron chi connectivity index (χ1n) is 1.39. The molecule has 0 aliphatic carbocycles. The summed E-state index contributed by atoms with van der Waals surface area (Å²) in [5.41, 5.74) is 0. The molecule has 0 unspecified atom stereocenters. The minimum Gasteiger partial charge on any atom is -1.00 e. The standard InChI is InChI=1S/C3H7O.2ClH.Ti.H2/c1-3(2)4;;;;/h3H,1-2H3;2*1H;;1H/q-1;;;+3;/p-2. The van der Waals surface area contributed by atoms with Crippen LogP contribution in [-0.2, 0) is 21.7 Å². The first kappa shape index (κ1) is 24.0. The zero-order valence-electron chi connectivity index (χ0n) is 4.24. The van der Waals surface area contributed by atoms with Gasteiger partial charge in [0.25, 0.3) is 0 Å². The normalized spacial score (nSPS) is 5.14. The van der Waals surface area contributed by atoms with Gasteiger partial charge in [0.15, 0.2) is 0 Å². The molecule has 1 radical (unpaired) electrons. The second kappa shape index (κ2) is 15.7. The maximum absolute atomic E-state index is 9.53. The molecular weight excluding hydrogens is 171 g/mol. The first-order chi connectivity index (χ1) is 1.73. The second-order valence-corrected chi connectivity index (χ2v) is 1.05. The third kappa shape index (κ3) is 127. The predicted molar refractivity (Wildman–Crippen MR) is 17.2 cm³/mol. The summed E-state index contributed by atoms with van der Waals surface area (Å²) >= 11 is 0. The predicted octanol–water partition coefficient (Wildman–Crippen LogP) is -5.99. The van der Waals surface area contributed by atoms with Crippen molar-refractivity contribution >= 4 is 0 Å². The van der Waals surface area contributed by atoms with Crippen molar-refractivity contribution in [2.24, 2.45) is 0 Å². The average Bonchev–Trinajstić information content (AvgIpc) is 0.811. The molecule has 0 spiro atoms. The van der Waals surface area contributed by atoms with Gasteiger partial charge >= 0.3 is 21.7 Å². The van der Waals surface area contributed by atoms with Crippen LogP contribution < -0.4 is 29.9 Å². The van der Waals surface area contributed by atoms with Crippen molar-refractivity contribution < 1.29 is 53.1 Å². The molecule has 0 N–H and O–H groups in total. The molecule has 0 saturated heterocycles. The number of rotatable bonds is 0. The molecule has 0 atom stereocenters. The Labute approximate surface area is 73.1 Å². The summed E-state index contributed by atoms with van der Waals surface area (Å²) in [4.78, 5) is 0. The van der Waals surface area contributed by atoms with E-state index in [1.807, 2.05) is 0 Å². The molecule has 0 bridgehead atoms. The summed E-state index contributed by atoms with van der Waals surface area (Å²) in [6.45, 7) is 3.22. The molecule has 0 fully saturated rings. The summed E-state index contributed by atoms with van der Waals surface area (Å²) in [5.74, 6) is 0. The maximum Gasteiger partial charge on any atom is 3.00 e. The molecule has 0 aromatic heterocycles. The van der Waals surface area contributed by atoms with E-state index in [1.54, 1.807) is 13.8 Å². The summed E-state index contributed by atoms with van der Waals surface area (Å²) in [7, 11) is 0. The van der Waals surface area contributed by atoms with Crippen LogP contribution in [0.5, 0.6) is 0 Å². The van der Waals surface area contributed by atoms with E-state index < -0.39 is 6.10 Å². The van der Waals surface area contributed by atoms with Crippen molar-refractivity contribution in [2.45, 2.75) is 20.0 Å². The summed E-state index contributed by atoms with van der Waals surface area (Å²) in [6, 6.07) is 0. The van der Waals surface area contributed by atoms with Gasteiger partial charge in [0, 0.05) is 1.43 Å². The van der Waals surface area contributed by atoms with Gasteiger partial charge in [0.1, 0.15) is 0 Å². The molecule has 0 aliphatic heterocycles. The number of hydrogen-bond donors (Lipinski definition) is 0. The zero-order valence-corrected chi connectivity index (χ0v) is 7.31. The van der Waals surface area contributed by atoms with Crippen molar-refractivity contribution in [3.05, 3.63) is 0 Å². The molecule has 45 valence electrons. The third-order valence-electron chi connectivity index (χ3n) is 0. The van der Waals surface area contributed by atoms with E-state index in [2.05, 4.69) is 0 Å². The summed E-state index contributed by atoms with van der Waals surface area (Å²) in [5, 5.41) is 9.53. The van der Waals surface area contributed by atoms with Gasteiger partial charge in [-0.3, -0.25) is 0 Å². The summed E-state index contributed by atoms with van der Waals surface area (Å²) in [6.07, 6.45) is -0.417. The van der Waals surface area contributed by atoms with Crippen molar-refractivity contribution in [3.63, 3.8) is 0 Å². The van der Waals surface area contributed by atoms with Crippen LogP contribution in [0, 0.1) is 0 Å². The molecule has 1 nitrogen and oxygen atoms in total. The van der Waals surface area contributed by atoms with Crippen molar-refractivity contribution in [3.8, 4) is 0 Å². The molecule has 0 saturated carbocycles. The van der Waals surface area contributed by atoms with Crippen molar-refractivity contribution in [1.82, 2.24) is 0 Å². The number of halogens is 2. The van der Waals surface area contributed by atoms with Crippen LogP contribution in [-0.4, -0.2) is 6.10 Å². The SMILES string of the molecule is CC(C)[O-].[Cl-].[Cl-].[HH].[Ti+3]. The number of hydrogen-bond acceptors (Lipinski definition) is 1. The van der Waals surface area contributed by atoms with Gasteiger partial charge in [0.2, 0.25) is 0 Å². The maximum atomic E-state index is 9.53. The molecule has 0 amide bonds. The van der Waals surface area contributed by atoms with E-state index in [-0.39, 0.29) is 48.0 Å². The monoisotopic (exact) mass is 179 g/mol. The first-order valence-corrected chi connectivity index (χ1v) is 1.39. The van der Waals surface area contributed by atoms with Crippen LogP contribution in [0.15, 0.2) is 0 Å². The topological polar surface area (TPSA) is 23.1 Å².